The Hall–Kier alpha value is -3.84. The fourth-order valence-electron chi connectivity index (χ4n) is 4.62. The number of benzene rings is 2. The van der Waals surface area contributed by atoms with Crippen molar-refractivity contribution in [2.75, 3.05) is 48.8 Å². The third kappa shape index (κ3) is 9.32. The van der Waals surface area contributed by atoms with Gasteiger partial charge < -0.3 is 39.8 Å². The lowest BCUT2D eigenvalue weighted by molar-refractivity contribution is -0.131. The maximum Gasteiger partial charge on any atom is 0.243 e. The zero-order valence-electron chi connectivity index (χ0n) is 24.7. The molecule has 11 nitrogen and oxygen atoms in total. The van der Waals surface area contributed by atoms with Crippen molar-refractivity contribution in [1.29, 1.82) is 0 Å². The van der Waals surface area contributed by atoms with E-state index in [0.717, 1.165) is 18.2 Å². The normalized spacial score (nSPS) is 14.2. The summed E-state index contributed by atoms with van der Waals surface area (Å²) in [6.45, 7) is 10.1. The number of carbonyl (C=O) groups is 1. The summed E-state index contributed by atoms with van der Waals surface area (Å²) in [7, 11) is -0.528. The van der Waals surface area contributed by atoms with Gasteiger partial charge in [0.15, 0.2) is 8.32 Å². The summed E-state index contributed by atoms with van der Waals surface area (Å²) in [5.74, 6) is 1.64. The first-order valence-electron chi connectivity index (χ1n) is 14.1. The van der Waals surface area contributed by atoms with E-state index in [-0.39, 0.29) is 22.8 Å². The van der Waals surface area contributed by atoms with Crippen LogP contribution in [0.1, 0.15) is 12.8 Å². The lowest BCUT2D eigenvalue weighted by Crippen LogP contribution is -2.48. The average molecular weight is 627 g/mol. The van der Waals surface area contributed by atoms with Crippen molar-refractivity contribution >= 4 is 48.8 Å². The molecule has 1 unspecified atom stereocenters. The van der Waals surface area contributed by atoms with Gasteiger partial charge in [-0.15, -0.1) is 0 Å². The molecule has 1 saturated heterocycles. The molecule has 1 aliphatic rings. The standard InChI is InChI=1S/C30H39ClN6O5Si/c1-5-27(38)33-21-8-6-9-23(18-21)42-29-24(31)20-32-30(35-29)34-25-12-11-22(19-26(25)41-2)36-13-15-37(16-14-36)28(39)10-7-17-43(3,4)40/h5-6,8-9,11-12,18-20,27,33,38,40H,1,7,10,13-17H2,2-4H3,(H,32,34,35). The molecule has 0 bridgehead atoms. The molecule has 230 valence electrons. The average Bonchev–Trinajstić information content (AvgIpc) is 2.98. The van der Waals surface area contributed by atoms with Crippen molar-refractivity contribution in [1.82, 2.24) is 14.9 Å². The topological polar surface area (TPSA) is 132 Å². The van der Waals surface area contributed by atoms with E-state index in [4.69, 9.17) is 21.1 Å². The van der Waals surface area contributed by atoms with Gasteiger partial charge in [0, 0.05) is 56.1 Å². The Morgan fingerprint density at radius 1 is 1.21 bits per heavy atom. The molecule has 1 fully saturated rings. The third-order valence-corrected chi connectivity index (χ3v) is 8.74. The molecule has 1 aromatic heterocycles. The number of aliphatic hydroxyl groups excluding tert-OH is 1. The number of rotatable bonds is 13. The summed E-state index contributed by atoms with van der Waals surface area (Å²) in [6, 6.07) is 13.6. The molecular weight excluding hydrogens is 588 g/mol. The fraction of sp³-hybridized carbons (Fsp3) is 0.367. The smallest absolute Gasteiger partial charge is 0.243 e. The van der Waals surface area contributed by atoms with Gasteiger partial charge in [0.1, 0.15) is 22.7 Å². The van der Waals surface area contributed by atoms with Gasteiger partial charge in [0.2, 0.25) is 17.7 Å². The van der Waals surface area contributed by atoms with Gasteiger partial charge in [-0.1, -0.05) is 24.2 Å². The van der Waals surface area contributed by atoms with Gasteiger partial charge in [0.25, 0.3) is 0 Å². The van der Waals surface area contributed by atoms with Crippen molar-refractivity contribution in [2.45, 2.75) is 38.2 Å². The second-order valence-electron chi connectivity index (χ2n) is 10.8. The molecule has 13 heteroatoms. The number of aromatic nitrogens is 2. The van der Waals surface area contributed by atoms with E-state index in [1.165, 1.54) is 12.3 Å². The highest BCUT2D eigenvalue weighted by molar-refractivity contribution is 6.69. The first-order valence-corrected chi connectivity index (χ1v) is 17.7. The summed E-state index contributed by atoms with van der Waals surface area (Å²) in [6.07, 6.45) is 3.14. The number of nitrogens with one attached hydrogen (secondary N) is 2. The van der Waals surface area contributed by atoms with E-state index in [0.29, 0.717) is 55.5 Å². The van der Waals surface area contributed by atoms with Crippen LogP contribution < -0.4 is 25.0 Å². The van der Waals surface area contributed by atoms with Crippen molar-refractivity contribution < 1.29 is 24.2 Å². The first-order chi connectivity index (χ1) is 20.5. The Kier molecular flexibility index (Phi) is 10.9. The number of hydrogen-bond donors (Lipinski definition) is 4. The molecule has 1 amide bonds. The van der Waals surface area contributed by atoms with Gasteiger partial charge in [-0.05, 0) is 55.9 Å². The Labute approximate surface area is 258 Å². The quantitative estimate of drug-likeness (QED) is 0.114. The van der Waals surface area contributed by atoms with E-state index in [1.54, 1.807) is 31.4 Å². The Morgan fingerprint density at radius 2 is 1.98 bits per heavy atom. The molecule has 0 saturated carbocycles. The maximum absolute atomic E-state index is 12.6. The van der Waals surface area contributed by atoms with E-state index in [9.17, 15) is 14.7 Å². The number of aliphatic hydroxyl groups is 1. The van der Waals surface area contributed by atoms with Gasteiger partial charge >= 0.3 is 0 Å². The first kappa shape index (κ1) is 32.1. The zero-order valence-corrected chi connectivity index (χ0v) is 26.5. The SMILES string of the molecule is C=CC(O)Nc1cccc(Oc2nc(Nc3ccc(N4CCN(C(=O)CCC[Si](C)(C)O)CC4)cc3OC)ncc2Cl)c1. The minimum absolute atomic E-state index is 0.150. The van der Waals surface area contributed by atoms with E-state index >= 15 is 0 Å². The van der Waals surface area contributed by atoms with Crippen LogP contribution in [0.3, 0.4) is 0 Å². The molecule has 0 spiro atoms. The van der Waals surface area contributed by atoms with Crippen LogP contribution in [0.15, 0.2) is 61.3 Å². The summed E-state index contributed by atoms with van der Waals surface area (Å²) < 4.78 is 11.6. The number of methoxy groups -OCH3 is 1. The molecule has 2 heterocycles. The van der Waals surface area contributed by atoms with Gasteiger partial charge in [-0.25, -0.2) is 4.98 Å². The fourth-order valence-corrected chi connectivity index (χ4v) is 5.79. The number of nitrogens with zero attached hydrogens (tertiary/aromatic N) is 4. The Balaban J connectivity index is 1.38. The van der Waals surface area contributed by atoms with E-state index in [1.807, 2.05) is 36.2 Å². The minimum atomic E-state index is -2.12. The molecular formula is C30H39ClN6O5Si. The molecule has 2 aromatic carbocycles. The number of amides is 1. The Morgan fingerprint density at radius 3 is 2.67 bits per heavy atom. The number of piperazine rings is 1. The van der Waals surface area contributed by atoms with Crippen LogP contribution in [0.25, 0.3) is 0 Å². The third-order valence-electron chi connectivity index (χ3n) is 6.91. The molecule has 0 radical (unpaired) electrons. The van der Waals surface area contributed by atoms with Gasteiger partial charge in [-0.2, -0.15) is 4.98 Å². The van der Waals surface area contributed by atoms with Crippen LogP contribution in [0.2, 0.25) is 24.2 Å². The predicted octanol–water partition coefficient (Wildman–Crippen LogP) is 5.22. The lowest BCUT2D eigenvalue weighted by atomic mass is 10.2. The largest absolute Gasteiger partial charge is 0.494 e. The van der Waals surface area contributed by atoms with Crippen LogP contribution >= 0.6 is 11.6 Å². The monoisotopic (exact) mass is 626 g/mol. The van der Waals surface area contributed by atoms with Crippen LogP contribution in [0, 0.1) is 0 Å². The number of anilines is 4. The van der Waals surface area contributed by atoms with Crippen molar-refractivity contribution in [2.24, 2.45) is 0 Å². The minimum Gasteiger partial charge on any atom is -0.494 e. The van der Waals surface area contributed by atoms with E-state index < -0.39 is 14.5 Å². The predicted molar refractivity (Wildman–Crippen MR) is 172 cm³/mol. The van der Waals surface area contributed by atoms with E-state index in [2.05, 4.69) is 32.1 Å². The van der Waals surface area contributed by atoms with Crippen LogP contribution in [0.4, 0.5) is 23.0 Å². The van der Waals surface area contributed by atoms with Gasteiger partial charge in [0.05, 0.1) is 19.0 Å². The Bertz CT molecular complexity index is 1410. The molecule has 4 N–H and O–H groups in total. The molecule has 43 heavy (non-hydrogen) atoms. The zero-order chi connectivity index (χ0) is 31.0. The molecule has 3 aromatic rings. The van der Waals surface area contributed by atoms with Gasteiger partial charge in [-0.3, -0.25) is 4.79 Å². The van der Waals surface area contributed by atoms with Crippen molar-refractivity contribution in [3.63, 3.8) is 0 Å². The van der Waals surface area contributed by atoms with Crippen LogP contribution in [0.5, 0.6) is 17.4 Å². The summed E-state index contributed by atoms with van der Waals surface area (Å²) in [5, 5.41) is 16.1. The molecule has 1 aliphatic heterocycles. The molecule has 1 atom stereocenters. The van der Waals surface area contributed by atoms with Crippen LogP contribution in [-0.4, -0.2) is 78.5 Å². The summed E-state index contributed by atoms with van der Waals surface area (Å²) in [4.78, 5) is 35.5. The van der Waals surface area contributed by atoms with Crippen molar-refractivity contribution in [3.05, 3.63) is 66.3 Å². The lowest BCUT2D eigenvalue weighted by Gasteiger charge is -2.36. The molecule has 4 rings (SSSR count). The highest BCUT2D eigenvalue weighted by Crippen LogP contribution is 2.34. The number of halogens is 1. The number of carbonyl (C=O) groups excluding carboxylic acids is 1. The summed E-state index contributed by atoms with van der Waals surface area (Å²) >= 11 is 6.32. The molecule has 0 aliphatic carbocycles. The number of hydrogen-bond acceptors (Lipinski definition) is 10. The maximum atomic E-state index is 12.6. The second-order valence-corrected chi connectivity index (χ2v) is 15.4. The highest BCUT2D eigenvalue weighted by Gasteiger charge is 2.23. The number of ether oxygens (including phenoxy) is 2. The van der Waals surface area contributed by atoms with Crippen molar-refractivity contribution in [3.8, 4) is 17.4 Å². The second kappa shape index (κ2) is 14.6. The van der Waals surface area contributed by atoms with Crippen LogP contribution in [-0.2, 0) is 4.79 Å². The highest BCUT2D eigenvalue weighted by atomic mass is 35.5. The summed E-state index contributed by atoms with van der Waals surface area (Å²) in [5.41, 5.74) is 2.28.